The number of likely N-dealkylation sites (tertiary alicyclic amines) is 2. The lowest BCUT2D eigenvalue weighted by molar-refractivity contribution is -0.147. The van der Waals surface area contributed by atoms with Crippen LogP contribution in [0, 0.1) is 5.41 Å². The highest BCUT2D eigenvalue weighted by atomic mass is 16.2. The third-order valence-electron chi connectivity index (χ3n) is 5.86. The van der Waals surface area contributed by atoms with Gasteiger partial charge in [-0.25, -0.2) is 4.79 Å². The van der Waals surface area contributed by atoms with E-state index in [0.717, 1.165) is 42.4 Å². The van der Waals surface area contributed by atoms with Crippen molar-refractivity contribution in [1.29, 1.82) is 0 Å². The normalized spacial score (nSPS) is 23.4. The van der Waals surface area contributed by atoms with Gasteiger partial charge in [-0.05, 0) is 39.2 Å². The van der Waals surface area contributed by atoms with Crippen LogP contribution in [0.4, 0.5) is 10.5 Å². The number of aromatic amines is 1. The standard InChI is InChI=1S/C20H26N4O2/c1-14(2)24-10-5-8-20(18(24)25)9-11-23(13-20)19(26)22-17-12-21-16-7-4-3-6-15(16)17/h3-4,6-7,12,14,21H,5,8-11,13H2,1-2H3,(H,22,26)/t20-/m0/s1. The van der Waals surface area contributed by atoms with Crippen molar-refractivity contribution in [3.05, 3.63) is 30.5 Å². The van der Waals surface area contributed by atoms with Gasteiger partial charge in [0.05, 0.1) is 11.1 Å². The first-order valence-electron chi connectivity index (χ1n) is 9.43. The summed E-state index contributed by atoms with van der Waals surface area (Å²) < 4.78 is 0. The maximum absolute atomic E-state index is 13.0. The highest BCUT2D eigenvalue weighted by molar-refractivity contribution is 6.01. The average Bonchev–Trinajstić information content (AvgIpc) is 3.23. The Hall–Kier alpha value is -2.50. The van der Waals surface area contributed by atoms with Crippen molar-refractivity contribution in [2.75, 3.05) is 25.0 Å². The molecule has 2 aliphatic heterocycles. The van der Waals surface area contributed by atoms with E-state index in [-0.39, 0.29) is 23.4 Å². The quantitative estimate of drug-likeness (QED) is 0.868. The van der Waals surface area contributed by atoms with Crippen LogP contribution in [0.1, 0.15) is 33.1 Å². The second-order valence-corrected chi connectivity index (χ2v) is 7.83. The van der Waals surface area contributed by atoms with Gasteiger partial charge in [-0.2, -0.15) is 0 Å². The molecule has 1 aromatic heterocycles. The second kappa shape index (κ2) is 6.34. The maximum atomic E-state index is 13.0. The van der Waals surface area contributed by atoms with Crippen molar-refractivity contribution in [2.45, 2.75) is 39.2 Å². The number of carbonyl (C=O) groups excluding carboxylic acids is 2. The molecule has 2 aliphatic rings. The molecular formula is C20H26N4O2. The fourth-order valence-corrected chi connectivity index (χ4v) is 4.39. The molecule has 2 N–H and O–H groups in total. The summed E-state index contributed by atoms with van der Waals surface area (Å²) in [5.74, 6) is 0.223. The molecule has 0 bridgehead atoms. The van der Waals surface area contributed by atoms with E-state index in [2.05, 4.69) is 24.1 Å². The molecule has 4 rings (SSSR count). The molecule has 1 aromatic carbocycles. The Labute approximate surface area is 153 Å². The van der Waals surface area contributed by atoms with Gasteiger partial charge in [0.1, 0.15) is 0 Å². The Kier molecular flexibility index (Phi) is 4.13. The third-order valence-corrected chi connectivity index (χ3v) is 5.86. The van der Waals surface area contributed by atoms with Crippen LogP contribution in [0.3, 0.4) is 0 Å². The van der Waals surface area contributed by atoms with Gasteiger partial charge in [-0.15, -0.1) is 0 Å². The summed E-state index contributed by atoms with van der Waals surface area (Å²) in [7, 11) is 0. The fraction of sp³-hybridized carbons (Fsp3) is 0.500. The number of fused-ring (bicyclic) bond motifs is 1. The number of benzene rings is 1. The summed E-state index contributed by atoms with van der Waals surface area (Å²) >= 11 is 0. The van der Waals surface area contributed by atoms with Crippen LogP contribution in [0.2, 0.25) is 0 Å². The molecule has 0 radical (unpaired) electrons. The van der Waals surface area contributed by atoms with Crippen LogP contribution >= 0.6 is 0 Å². The smallest absolute Gasteiger partial charge is 0.321 e. The van der Waals surface area contributed by atoms with Gasteiger partial charge in [0.25, 0.3) is 0 Å². The Morgan fingerprint density at radius 2 is 2.04 bits per heavy atom. The Balaban J connectivity index is 1.48. The van der Waals surface area contributed by atoms with E-state index in [0.29, 0.717) is 13.1 Å². The summed E-state index contributed by atoms with van der Waals surface area (Å²) in [5.41, 5.74) is 1.39. The summed E-state index contributed by atoms with van der Waals surface area (Å²) in [6, 6.07) is 7.98. The van der Waals surface area contributed by atoms with Crippen LogP contribution in [0.5, 0.6) is 0 Å². The minimum atomic E-state index is -0.389. The first-order chi connectivity index (χ1) is 12.5. The summed E-state index contributed by atoms with van der Waals surface area (Å²) in [6.07, 6.45) is 4.48. The zero-order chi connectivity index (χ0) is 18.3. The Bertz CT molecular complexity index is 843. The van der Waals surface area contributed by atoms with Crippen LogP contribution in [-0.4, -0.2) is 52.4 Å². The number of piperidine rings is 1. The molecule has 6 nitrogen and oxygen atoms in total. The minimum absolute atomic E-state index is 0.124. The Morgan fingerprint density at radius 3 is 2.85 bits per heavy atom. The number of aromatic nitrogens is 1. The molecule has 26 heavy (non-hydrogen) atoms. The van der Waals surface area contributed by atoms with Crippen LogP contribution in [0.25, 0.3) is 10.9 Å². The molecule has 0 saturated carbocycles. The number of nitrogens with zero attached hydrogens (tertiary/aromatic N) is 2. The van der Waals surface area contributed by atoms with Crippen molar-refractivity contribution in [2.24, 2.45) is 5.41 Å². The molecule has 0 aliphatic carbocycles. The van der Waals surface area contributed by atoms with Crippen molar-refractivity contribution in [3.63, 3.8) is 0 Å². The number of carbonyl (C=O) groups is 2. The molecule has 2 fully saturated rings. The van der Waals surface area contributed by atoms with Gasteiger partial charge >= 0.3 is 6.03 Å². The topological polar surface area (TPSA) is 68.4 Å². The predicted octanol–water partition coefficient (Wildman–Crippen LogP) is 3.42. The molecule has 2 saturated heterocycles. The van der Waals surface area contributed by atoms with Gasteiger partial charge in [-0.1, -0.05) is 18.2 Å². The number of amides is 3. The highest BCUT2D eigenvalue weighted by Crippen LogP contribution is 2.40. The van der Waals surface area contributed by atoms with Crippen LogP contribution in [0.15, 0.2) is 30.5 Å². The number of nitrogens with one attached hydrogen (secondary N) is 2. The molecule has 1 spiro atoms. The van der Waals surface area contributed by atoms with E-state index in [4.69, 9.17) is 0 Å². The molecule has 6 heteroatoms. The number of H-pyrrole nitrogens is 1. The fourth-order valence-electron chi connectivity index (χ4n) is 4.39. The molecule has 0 unspecified atom stereocenters. The molecule has 1 atom stereocenters. The zero-order valence-corrected chi connectivity index (χ0v) is 15.4. The van der Waals surface area contributed by atoms with Crippen molar-refractivity contribution >= 4 is 28.5 Å². The SMILES string of the molecule is CC(C)N1CCC[C@@]2(CCN(C(=O)Nc3c[nH]c4ccccc34)C2)C1=O. The summed E-state index contributed by atoms with van der Waals surface area (Å²) in [6.45, 7) is 6.11. The van der Waals surface area contributed by atoms with E-state index in [1.54, 1.807) is 4.90 Å². The van der Waals surface area contributed by atoms with E-state index in [9.17, 15) is 9.59 Å². The molecule has 3 heterocycles. The summed E-state index contributed by atoms with van der Waals surface area (Å²) in [4.78, 5) is 32.7. The number of rotatable bonds is 2. The zero-order valence-electron chi connectivity index (χ0n) is 15.4. The van der Waals surface area contributed by atoms with Gasteiger partial charge in [-0.3, -0.25) is 4.79 Å². The highest BCUT2D eigenvalue weighted by Gasteiger charge is 2.49. The number of urea groups is 1. The first-order valence-corrected chi connectivity index (χ1v) is 9.43. The van der Waals surface area contributed by atoms with E-state index >= 15 is 0 Å². The van der Waals surface area contributed by atoms with Gasteiger partial charge < -0.3 is 20.1 Å². The van der Waals surface area contributed by atoms with E-state index in [1.165, 1.54) is 0 Å². The minimum Gasteiger partial charge on any atom is -0.359 e. The molecule has 3 amide bonds. The number of para-hydroxylation sites is 1. The third kappa shape index (κ3) is 2.73. The van der Waals surface area contributed by atoms with Gasteiger partial charge in [0, 0.05) is 42.8 Å². The predicted molar refractivity (Wildman–Crippen MR) is 102 cm³/mol. The monoisotopic (exact) mass is 354 g/mol. The van der Waals surface area contributed by atoms with Crippen molar-refractivity contribution in [3.8, 4) is 0 Å². The number of hydrogen-bond donors (Lipinski definition) is 2. The summed E-state index contributed by atoms with van der Waals surface area (Å²) in [5, 5.41) is 4.00. The number of anilines is 1. The van der Waals surface area contributed by atoms with Gasteiger partial charge in [0.2, 0.25) is 5.91 Å². The lowest BCUT2D eigenvalue weighted by atomic mass is 9.78. The first kappa shape index (κ1) is 16.9. The van der Waals surface area contributed by atoms with Crippen LogP contribution in [-0.2, 0) is 4.79 Å². The molecule has 2 aromatic rings. The molecule has 138 valence electrons. The van der Waals surface area contributed by atoms with E-state index in [1.807, 2.05) is 35.4 Å². The van der Waals surface area contributed by atoms with E-state index < -0.39 is 0 Å². The maximum Gasteiger partial charge on any atom is 0.321 e. The Morgan fingerprint density at radius 1 is 1.23 bits per heavy atom. The van der Waals surface area contributed by atoms with Gasteiger partial charge in [0.15, 0.2) is 0 Å². The van der Waals surface area contributed by atoms with Crippen molar-refractivity contribution in [1.82, 2.24) is 14.8 Å². The van der Waals surface area contributed by atoms with Crippen molar-refractivity contribution < 1.29 is 9.59 Å². The second-order valence-electron chi connectivity index (χ2n) is 7.83. The lowest BCUT2D eigenvalue weighted by Crippen LogP contribution is -2.52. The molecular weight excluding hydrogens is 328 g/mol. The average molecular weight is 354 g/mol. The lowest BCUT2D eigenvalue weighted by Gasteiger charge is -2.41. The number of hydrogen-bond acceptors (Lipinski definition) is 2. The van der Waals surface area contributed by atoms with Crippen LogP contribution < -0.4 is 5.32 Å². The largest absolute Gasteiger partial charge is 0.359 e.